The first-order chi connectivity index (χ1) is 8.86. The first-order valence-electron chi connectivity index (χ1n) is 6.68. The molecule has 0 aromatic heterocycles. The third-order valence-electron chi connectivity index (χ3n) is 3.06. The molecule has 0 aliphatic heterocycles. The zero-order valence-corrected chi connectivity index (χ0v) is 14.6. The van der Waals surface area contributed by atoms with Crippen molar-refractivity contribution in [2.45, 2.75) is 53.8 Å². The van der Waals surface area contributed by atoms with E-state index in [2.05, 4.69) is 0 Å². The molecule has 2 unspecified atom stereocenters. The van der Waals surface area contributed by atoms with E-state index in [1.165, 1.54) is 0 Å². The molecule has 0 aromatic carbocycles. The van der Waals surface area contributed by atoms with Gasteiger partial charge < -0.3 is 0 Å². The molecule has 0 bridgehead atoms. The van der Waals surface area contributed by atoms with Crippen molar-refractivity contribution in [1.29, 1.82) is 0 Å². The van der Waals surface area contributed by atoms with Crippen LogP contribution in [0.3, 0.4) is 0 Å². The van der Waals surface area contributed by atoms with Crippen molar-refractivity contribution < 1.29 is 25.2 Å². The first-order valence-corrected chi connectivity index (χ1v) is 9.83. The Balaban J connectivity index is 4.53. The molecule has 0 saturated carbocycles. The van der Waals surface area contributed by atoms with Crippen LogP contribution in [0.25, 0.3) is 0 Å². The van der Waals surface area contributed by atoms with Crippen molar-refractivity contribution in [3.05, 3.63) is 0 Å². The van der Waals surface area contributed by atoms with Crippen molar-refractivity contribution >= 4 is 20.2 Å². The summed E-state index contributed by atoms with van der Waals surface area (Å²) in [6.07, 6.45) is -0.976. The highest BCUT2D eigenvalue weighted by atomic mass is 32.2. The van der Waals surface area contributed by atoms with Crippen molar-refractivity contribution in [2.24, 2.45) is 11.8 Å². The van der Waals surface area contributed by atoms with Gasteiger partial charge in [0.2, 0.25) is 0 Å². The molecule has 0 N–H and O–H groups in total. The molecule has 0 spiro atoms. The van der Waals surface area contributed by atoms with Crippen LogP contribution in [0.5, 0.6) is 0 Å². The van der Waals surface area contributed by atoms with Crippen LogP contribution in [-0.2, 0) is 28.6 Å². The monoisotopic (exact) mass is 330 g/mol. The lowest BCUT2D eigenvalue weighted by atomic mass is 10.1. The molecule has 0 aromatic rings. The highest BCUT2D eigenvalue weighted by Crippen LogP contribution is 2.12. The number of hydrogen-bond acceptors (Lipinski definition) is 6. The Bertz CT molecular complexity index is 432. The molecule has 0 heterocycles. The predicted molar refractivity (Wildman–Crippen MR) is 78.3 cm³/mol. The molecule has 0 aliphatic carbocycles. The Labute approximate surface area is 123 Å². The van der Waals surface area contributed by atoms with Gasteiger partial charge in [-0.05, 0) is 25.7 Å². The summed E-state index contributed by atoms with van der Waals surface area (Å²) in [5.41, 5.74) is 0. The smallest absolute Gasteiger partial charge is 0.267 e. The fourth-order valence-corrected chi connectivity index (χ4v) is 4.18. The molecule has 0 saturated heterocycles. The second kappa shape index (κ2) is 7.72. The lowest BCUT2D eigenvalue weighted by molar-refractivity contribution is 0.174. The normalized spacial score (nSPS) is 16.6. The molecule has 20 heavy (non-hydrogen) atoms. The molecule has 8 heteroatoms. The molecule has 0 radical (unpaired) electrons. The summed E-state index contributed by atoms with van der Waals surface area (Å²) >= 11 is 0. The summed E-state index contributed by atoms with van der Waals surface area (Å²) in [6.45, 7) is 10.6. The van der Waals surface area contributed by atoms with Gasteiger partial charge in [0.1, 0.15) is 0 Å². The Morgan fingerprint density at radius 1 is 0.650 bits per heavy atom. The Hall–Kier alpha value is -0.180. The SMILES string of the molecule is CC(C)C(C)OS(=O)(=O)CCS(=O)(=O)OC(C)C(C)C. The van der Waals surface area contributed by atoms with Gasteiger partial charge in [0.05, 0.1) is 23.7 Å². The summed E-state index contributed by atoms with van der Waals surface area (Å²) in [4.78, 5) is 0. The van der Waals surface area contributed by atoms with Gasteiger partial charge in [-0.1, -0.05) is 27.7 Å². The second-order valence-corrected chi connectivity index (χ2v) is 9.05. The van der Waals surface area contributed by atoms with Crippen molar-refractivity contribution in [1.82, 2.24) is 0 Å². The standard InChI is InChI=1S/C12H26O6S2/c1-9(2)11(5)17-19(13,14)7-8-20(15,16)18-12(6)10(3)4/h9-12H,7-8H2,1-6H3. The van der Waals surface area contributed by atoms with Crippen LogP contribution in [0.1, 0.15) is 41.5 Å². The van der Waals surface area contributed by atoms with Crippen LogP contribution in [0.2, 0.25) is 0 Å². The minimum atomic E-state index is -3.87. The molecule has 0 rings (SSSR count). The van der Waals surface area contributed by atoms with Crippen LogP contribution in [0, 0.1) is 11.8 Å². The molecule has 0 amide bonds. The van der Waals surface area contributed by atoms with Crippen LogP contribution in [0.4, 0.5) is 0 Å². The Morgan fingerprint density at radius 3 is 1.10 bits per heavy atom. The Morgan fingerprint density at radius 2 is 0.900 bits per heavy atom. The van der Waals surface area contributed by atoms with E-state index in [-0.39, 0.29) is 11.8 Å². The minimum Gasteiger partial charge on any atom is -0.267 e. The number of rotatable bonds is 9. The van der Waals surface area contributed by atoms with E-state index in [9.17, 15) is 16.8 Å². The molecule has 2 atom stereocenters. The van der Waals surface area contributed by atoms with E-state index >= 15 is 0 Å². The van der Waals surface area contributed by atoms with Gasteiger partial charge in [-0.3, -0.25) is 8.37 Å². The fraction of sp³-hybridized carbons (Fsp3) is 1.00. The van der Waals surface area contributed by atoms with E-state index in [1.807, 2.05) is 27.7 Å². The average Bonchev–Trinajstić information content (AvgIpc) is 2.25. The molecule has 6 nitrogen and oxygen atoms in total. The van der Waals surface area contributed by atoms with Gasteiger partial charge in [0.15, 0.2) is 0 Å². The predicted octanol–water partition coefficient (Wildman–Crippen LogP) is 1.77. The molecule has 0 aliphatic rings. The third kappa shape index (κ3) is 8.18. The van der Waals surface area contributed by atoms with Gasteiger partial charge in [-0.2, -0.15) is 16.8 Å². The highest BCUT2D eigenvalue weighted by Gasteiger charge is 2.24. The van der Waals surface area contributed by atoms with Gasteiger partial charge in [-0.15, -0.1) is 0 Å². The van der Waals surface area contributed by atoms with Crippen LogP contribution in [-0.4, -0.2) is 40.5 Å². The van der Waals surface area contributed by atoms with Gasteiger partial charge in [-0.25, -0.2) is 0 Å². The molecule has 0 fully saturated rings. The van der Waals surface area contributed by atoms with Gasteiger partial charge >= 0.3 is 0 Å². The summed E-state index contributed by atoms with van der Waals surface area (Å²) in [7, 11) is -7.75. The summed E-state index contributed by atoms with van der Waals surface area (Å²) in [5, 5.41) is 0. The summed E-state index contributed by atoms with van der Waals surface area (Å²) in [6, 6.07) is 0. The fourth-order valence-electron chi connectivity index (χ4n) is 0.985. The summed E-state index contributed by atoms with van der Waals surface area (Å²) < 4.78 is 56.5. The average molecular weight is 330 g/mol. The van der Waals surface area contributed by atoms with Gasteiger partial charge in [0, 0.05) is 0 Å². The minimum absolute atomic E-state index is 0.0265. The van der Waals surface area contributed by atoms with E-state index in [0.29, 0.717) is 0 Å². The summed E-state index contributed by atoms with van der Waals surface area (Å²) in [5.74, 6) is -1.15. The Kier molecular flexibility index (Phi) is 7.65. The first kappa shape index (κ1) is 19.8. The van der Waals surface area contributed by atoms with Crippen molar-refractivity contribution in [2.75, 3.05) is 11.5 Å². The van der Waals surface area contributed by atoms with E-state index in [0.717, 1.165) is 0 Å². The zero-order valence-electron chi connectivity index (χ0n) is 13.0. The van der Waals surface area contributed by atoms with Crippen LogP contribution in [0.15, 0.2) is 0 Å². The lowest BCUT2D eigenvalue weighted by Gasteiger charge is -2.18. The van der Waals surface area contributed by atoms with Crippen LogP contribution < -0.4 is 0 Å². The molecular weight excluding hydrogens is 304 g/mol. The number of hydrogen-bond donors (Lipinski definition) is 0. The molecule has 122 valence electrons. The van der Waals surface area contributed by atoms with Crippen molar-refractivity contribution in [3.8, 4) is 0 Å². The maximum Gasteiger partial charge on any atom is 0.268 e. The second-order valence-electron chi connectivity index (χ2n) is 5.61. The van der Waals surface area contributed by atoms with E-state index in [1.54, 1.807) is 13.8 Å². The zero-order chi connectivity index (χ0) is 16.1. The maximum atomic E-state index is 11.7. The van der Waals surface area contributed by atoms with E-state index in [4.69, 9.17) is 8.37 Å². The highest BCUT2D eigenvalue weighted by molar-refractivity contribution is 7.90. The van der Waals surface area contributed by atoms with Gasteiger partial charge in [0.25, 0.3) is 20.2 Å². The van der Waals surface area contributed by atoms with E-state index < -0.39 is 43.9 Å². The largest absolute Gasteiger partial charge is 0.268 e. The third-order valence-corrected chi connectivity index (χ3v) is 5.92. The maximum absolute atomic E-state index is 11.7. The lowest BCUT2D eigenvalue weighted by Crippen LogP contribution is -2.28. The molecular formula is C12H26O6S2. The van der Waals surface area contributed by atoms with Crippen LogP contribution >= 0.6 is 0 Å². The topological polar surface area (TPSA) is 86.7 Å². The quantitative estimate of drug-likeness (QED) is 0.599. The van der Waals surface area contributed by atoms with Crippen molar-refractivity contribution in [3.63, 3.8) is 0 Å².